The Bertz CT molecular complexity index is 1120. The lowest BCUT2D eigenvalue weighted by molar-refractivity contribution is -0.137. The molecule has 32 heavy (non-hydrogen) atoms. The summed E-state index contributed by atoms with van der Waals surface area (Å²) in [5.74, 6) is 3.99. The molecule has 1 aliphatic heterocycles. The zero-order valence-corrected chi connectivity index (χ0v) is 17.2. The lowest BCUT2D eigenvalue weighted by Crippen LogP contribution is -2.32. The topological polar surface area (TPSA) is 78.7 Å². The van der Waals surface area contributed by atoms with Crippen LogP contribution in [0.4, 0.5) is 23.2 Å². The second-order valence-electron chi connectivity index (χ2n) is 6.89. The monoisotopic (exact) mass is 468 g/mol. The van der Waals surface area contributed by atoms with Crippen LogP contribution in [0.2, 0.25) is 5.02 Å². The van der Waals surface area contributed by atoms with E-state index in [1.807, 2.05) is 0 Å². The van der Waals surface area contributed by atoms with Gasteiger partial charge in [0.25, 0.3) is 5.91 Å². The summed E-state index contributed by atoms with van der Waals surface area (Å²) in [5, 5.41) is 3.72. The average Bonchev–Trinajstić information content (AvgIpc) is 3.16. The maximum Gasteiger partial charge on any atom is 0.416 e. The Morgan fingerprint density at radius 3 is 2.56 bits per heavy atom. The van der Waals surface area contributed by atoms with Crippen LogP contribution in [-0.4, -0.2) is 29.9 Å². The normalized spacial score (nSPS) is 14.4. The van der Waals surface area contributed by atoms with E-state index in [-0.39, 0.29) is 41.6 Å². The van der Waals surface area contributed by atoms with Gasteiger partial charge in [0.2, 0.25) is 5.91 Å². The van der Waals surface area contributed by atoms with Crippen LogP contribution in [0.3, 0.4) is 0 Å². The van der Waals surface area contributed by atoms with E-state index in [0.29, 0.717) is 17.2 Å². The van der Waals surface area contributed by atoms with E-state index in [9.17, 15) is 27.2 Å². The first kappa shape index (κ1) is 23.3. The van der Waals surface area contributed by atoms with Crippen LogP contribution in [0, 0.1) is 5.82 Å². The number of rotatable bonds is 5. The Balaban J connectivity index is 2.09. The number of carbonyl (C=O) groups excluding carboxylic acids is 2. The van der Waals surface area contributed by atoms with Crippen LogP contribution in [0.25, 0.3) is 5.70 Å². The van der Waals surface area contributed by atoms with Crippen molar-refractivity contribution in [1.82, 2.24) is 10.2 Å². The number of hydrogen-bond acceptors (Lipinski definition) is 4. The van der Waals surface area contributed by atoms with Gasteiger partial charge in [0.1, 0.15) is 12.4 Å². The molecule has 1 fully saturated rings. The van der Waals surface area contributed by atoms with Crippen molar-refractivity contribution in [2.24, 2.45) is 5.84 Å². The van der Waals surface area contributed by atoms with Crippen molar-refractivity contribution < 1.29 is 27.2 Å². The highest BCUT2D eigenvalue weighted by Gasteiger charge is 2.32. The van der Waals surface area contributed by atoms with Gasteiger partial charge >= 0.3 is 6.18 Å². The SMILES string of the molecule is C=C(/C=C(/c1cc(F)cc(C(F)(F)F)c1)N(N)c1cccc(Cl)c1)C(=O)N1CNC(=O)C1. The van der Waals surface area contributed by atoms with E-state index in [1.165, 1.54) is 12.1 Å². The van der Waals surface area contributed by atoms with Crippen LogP contribution in [0.1, 0.15) is 11.1 Å². The Labute approximate surface area is 185 Å². The van der Waals surface area contributed by atoms with Gasteiger partial charge < -0.3 is 10.2 Å². The summed E-state index contributed by atoms with van der Waals surface area (Å²) in [4.78, 5) is 25.2. The number of nitrogens with two attached hydrogens (primary N) is 1. The summed E-state index contributed by atoms with van der Waals surface area (Å²) in [7, 11) is 0. The molecular weight excluding hydrogens is 452 g/mol. The first-order valence-corrected chi connectivity index (χ1v) is 9.48. The first-order valence-electron chi connectivity index (χ1n) is 9.11. The van der Waals surface area contributed by atoms with Crippen LogP contribution >= 0.6 is 11.6 Å². The highest BCUT2D eigenvalue weighted by molar-refractivity contribution is 6.30. The largest absolute Gasteiger partial charge is 0.416 e. The second kappa shape index (κ2) is 9.01. The number of amides is 2. The quantitative estimate of drug-likeness (QED) is 0.231. The van der Waals surface area contributed by atoms with E-state index in [4.69, 9.17) is 17.4 Å². The number of carbonyl (C=O) groups is 2. The Morgan fingerprint density at radius 1 is 1.25 bits per heavy atom. The molecule has 0 atom stereocenters. The number of nitrogens with zero attached hydrogens (tertiary/aromatic N) is 2. The molecule has 2 amide bonds. The molecule has 3 N–H and O–H groups in total. The van der Waals surface area contributed by atoms with Crippen molar-refractivity contribution in [2.75, 3.05) is 18.2 Å². The number of halogens is 5. The van der Waals surface area contributed by atoms with Gasteiger partial charge in [0.05, 0.1) is 23.6 Å². The van der Waals surface area contributed by atoms with Gasteiger partial charge in [-0.2, -0.15) is 13.2 Å². The van der Waals surface area contributed by atoms with E-state index in [0.717, 1.165) is 22.1 Å². The molecule has 0 saturated carbocycles. The van der Waals surface area contributed by atoms with Gasteiger partial charge in [-0.05, 0) is 42.5 Å². The zero-order valence-electron chi connectivity index (χ0n) is 16.4. The minimum Gasteiger partial charge on any atom is -0.337 e. The van der Waals surface area contributed by atoms with Gasteiger partial charge in [-0.1, -0.05) is 24.2 Å². The molecule has 3 rings (SSSR count). The smallest absolute Gasteiger partial charge is 0.337 e. The molecule has 1 aliphatic rings. The molecule has 0 aromatic heterocycles. The number of hydrazine groups is 1. The summed E-state index contributed by atoms with van der Waals surface area (Å²) >= 11 is 5.98. The zero-order chi connectivity index (χ0) is 23.6. The third kappa shape index (κ3) is 5.27. The van der Waals surface area contributed by atoms with Crippen LogP contribution in [0.15, 0.2) is 60.7 Å². The van der Waals surface area contributed by atoms with E-state index in [1.54, 1.807) is 12.1 Å². The molecule has 0 radical (unpaired) electrons. The lowest BCUT2D eigenvalue weighted by atomic mass is 10.0. The molecule has 1 heterocycles. The van der Waals surface area contributed by atoms with Crippen LogP contribution in [0.5, 0.6) is 0 Å². The van der Waals surface area contributed by atoms with E-state index >= 15 is 0 Å². The summed E-state index contributed by atoms with van der Waals surface area (Å²) in [6.45, 7) is 3.41. The van der Waals surface area contributed by atoms with Crippen molar-refractivity contribution in [3.63, 3.8) is 0 Å². The van der Waals surface area contributed by atoms with Crippen molar-refractivity contribution in [1.29, 1.82) is 0 Å². The summed E-state index contributed by atoms with van der Waals surface area (Å²) in [6.07, 6.45) is -3.69. The van der Waals surface area contributed by atoms with Crippen molar-refractivity contribution in [2.45, 2.75) is 6.18 Å². The van der Waals surface area contributed by atoms with Crippen molar-refractivity contribution in [3.8, 4) is 0 Å². The highest BCUT2D eigenvalue weighted by atomic mass is 35.5. The second-order valence-corrected chi connectivity index (χ2v) is 7.33. The third-order valence-corrected chi connectivity index (χ3v) is 4.78. The van der Waals surface area contributed by atoms with Crippen molar-refractivity contribution in [3.05, 3.63) is 82.7 Å². The Hall–Kier alpha value is -3.37. The maximum atomic E-state index is 14.1. The molecule has 2 aromatic carbocycles. The minimum atomic E-state index is -4.81. The van der Waals surface area contributed by atoms with Gasteiger partial charge in [0.15, 0.2) is 0 Å². The van der Waals surface area contributed by atoms with E-state index < -0.39 is 23.5 Å². The first-order chi connectivity index (χ1) is 15.0. The Kier molecular flexibility index (Phi) is 6.56. The standard InChI is InChI=1S/C21H17ClF4N4O2/c1-12(20(32)29-10-19(31)28-11-29)5-18(30(27)17-4-2-3-15(22)9-17)13-6-14(21(24,25)26)8-16(23)7-13/h2-9H,1,10-11,27H2,(H,28,31)/b18-5-. The third-order valence-electron chi connectivity index (χ3n) is 4.54. The van der Waals surface area contributed by atoms with Gasteiger partial charge in [-0.15, -0.1) is 0 Å². The van der Waals surface area contributed by atoms with Gasteiger partial charge in [-0.3, -0.25) is 14.6 Å². The number of hydrogen-bond donors (Lipinski definition) is 2. The fraction of sp³-hybridized carbons (Fsp3) is 0.143. The molecule has 11 heteroatoms. The lowest BCUT2D eigenvalue weighted by Gasteiger charge is -2.24. The number of nitrogens with one attached hydrogen (secondary N) is 1. The average molecular weight is 469 g/mol. The fourth-order valence-electron chi connectivity index (χ4n) is 3.00. The van der Waals surface area contributed by atoms with Crippen LogP contribution < -0.4 is 16.2 Å². The van der Waals surface area contributed by atoms with Gasteiger partial charge in [-0.25, -0.2) is 10.2 Å². The fourth-order valence-corrected chi connectivity index (χ4v) is 3.18. The number of anilines is 1. The molecule has 6 nitrogen and oxygen atoms in total. The van der Waals surface area contributed by atoms with E-state index in [2.05, 4.69) is 11.9 Å². The molecular formula is C21H17ClF4N4O2. The highest BCUT2D eigenvalue weighted by Crippen LogP contribution is 2.34. The molecule has 0 unspecified atom stereocenters. The van der Waals surface area contributed by atoms with Crippen molar-refractivity contribution >= 4 is 34.8 Å². The molecule has 0 aliphatic carbocycles. The summed E-state index contributed by atoms with van der Waals surface area (Å²) < 4.78 is 53.8. The molecule has 0 spiro atoms. The van der Waals surface area contributed by atoms with Gasteiger partial charge in [0, 0.05) is 16.2 Å². The molecule has 0 bridgehead atoms. The number of alkyl halides is 3. The number of benzene rings is 2. The Morgan fingerprint density at radius 2 is 1.97 bits per heavy atom. The van der Waals surface area contributed by atoms with Crippen LogP contribution in [-0.2, 0) is 15.8 Å². The molecule has 1 saturated heterocycles. The maximum absolute atomic E-state index is 14.1. The minimum absolute atomic E-state index is 0.0430. The predicted octanol–water partition coefficient (Wildman–Crippen LogP) is 3.69. The molecule has 2 aromatic rings. The summed E-state index contributed by atoms with van der Waals surface area (Å²) in [6, 6.07) is 7.99. The molecule has 168 valence electrons. The summed E-state index contributed by atoms with van der Waals surface area (Å²) in [5.41, 5.74) is -1.53. The predicted molar refractivity (Wildman–Crippen MR) is 111 cm³/mol.